The van der Waals surface area contributed by atoms with Crippen LogP contribution in [0.4, 0.5) is 0 Å². The van der Waals surface area contributed by atoms with Crippen LogP contribution in [-0.4, -0.2) is 58.7 Å². The molecule has 0 radical (unpaired) electrons. The molecule has 0 N–H and O–H groups in total. The summed E-state index contributed by atoms with van der Waals surface area (Å²) in [5, 5.41) is 0. The van der Waals surface area contributed by atoms with Crippen molar-refractivity contribution in [2.75, 3.05) is 26.2 Å². The highest BCUT2D eigenvalue weighted by atomic mass is 16.2. The third-order valence-corrected chi connectivity index (χ3v) is 7.17. The topological polar surface area (TPSA) is 43.9 Å². The Hall–Kier alpha value is -1.88. The summed E-state index contributed by atoms with van der Waals surface area (Å²) in [5.41, 5.74) is 2.60. The summed E-state index contributed by atoms with van der Waals surface area (Å²) in [5.74, 6) is 1.19. The van der Waals surface area contributed by atoms with Crippen LogP contribution < -0.4 is 0 Å². The molecule has 1 aliphatic carbocycles. The Balaban J connectivity index is 1.16. The molecule has 2 amide bonds. The van der Waals surface area contributed by atoms with Crippen molar-refractivity contribution < 1.29 is 9.59 Å². The fourth-order valence-electron chi connectivity index (χ4n) is 5.33. The third kappa shape index (κ3) is 3.57. The fraction of sp³-hybridized carbons (Fsp3) is 0.652. The fourth-order valence-corrected chi connectivity index (χ4v) is 5.33. The second kappa shape index (κ2) is 7.51. The van der Waals surface area contributed by atoms with Crippen molar-refractivity contribution in [2.24, 2.45) is 11.8 Å². The Kier molecular flexibility index (Phi) is 4.87. The maximum atomic E-state index is 13.2. The molecule has 1 unspecified atom stereocenters. The number of carbonyl (C=O) groups excluding carboxylic acids is 2. The summed E-state index contributed by atoms with van der Waals surface area (Å²) in [6.07, 6.45) is 6.44. The second-order valence-electron chi connectivity index (χ2n) is 9.13. The van der Waals surface area contributed by atoms with Gasteiger partial charge < -0.3 is 9.80 Å². The molecule has 0 spiro atoms. The molecular formula is C23H31N3O2. The van der Waals surface area contributed by atoms with E-state index in [0.29, 0.717) is 23.8 Å². The Morgan fingerprint density at radius 2 is 1.39 bits per heavy atom. The number of hydrogen-bond donors (Lipinski definition) is 0. The van der Waals surface area contributed by atoms with E-state index in [4.69, 9.17) is 0 Å². The second-order valence-corrected chi connectivity index (χ2v) is 9.13. The first-order valence-corrected chi connectivity index (χ1v) is 11.1. The van der Waals surface area contributed by atoms with Crippen LogP contribution in [0.15, 0.2) is 24.3 Å². The molecule has 28 heavy (non-hydrogen) atoms. The first-order chi connectivity index (χ1) is 13.7. The van der Waals surface area contributed by atoms with E-state index in [0.717, 1.165) is 77.8 Å². The summed E-state index contributed by atoms with van der Waals surface area (Å²) in [4.78, 5) is 32.1. The van der Waals surface area contributed by atoms with E-state index >= 15 is 0 Å². The van der Waals surface area contributed by atoms with E-state index in [1.54, 1.807) is 0 Å². The molecule has 3 heterocycles. The van der Waals surface area contributed by atoms with Crippen molar-refractivity contribution in [1.29, 1.82) is 0 Å². The van der Waals surface area contributed by atoms with Crippen molar-refractivity contribution in [3.8, 4) is 0 Å². The lowest BCUT2D eigenvalue weighted by atomic mass is 9.92. The molecule has 1 saturated carbocycles. The number of rotatable bonds is 3. The Morgan fingerprint density at radius 1 is 0.750 bits per heavy atom. The molecule has 0 aromatic heterocycles. The molecule has 1 aromatic carbocycles. The summed E-state index contributed by atoms with van der Waals surface area (Å²) < 4.78 is 0. The monoisotopic (exact) mass is 381 g/mol. The van der Waals surface area contributed by atoms with Gasteiger partial charge in [-0.15, -0.1) is 0 Å². The maximum Gasteiger partial charge on any atom is 0.227 e. The summed E-state index contributed by atoms with van der Waals surface area (Å²) in [7, 11) is 0. The predicted molar refractivity (Wildman–Crippen MR) is 107 cm³/mol. The van der Waals surface area contributed by atoms with E-state index in [-0.39, 0.29) is 5.92 Å². The van der Waals surface area contributed by atoms with Gasteiger partial charge in [0, 0.05) is 44.7 Å². The molecule has 3 aliphatic heterocycles. The average molecular weight is 382 g/mol. The van der Waals surface area contributed by atoms with Crippen LogP contribution in [-0.2, 0) is 22.7 Å². The predicted octanol–water partition coefficient (Wildman–Crippen LogP) is 2.64. The van der Waals surface area contributed by atoms with E-state index in [1.165, 1.54) is 11.1 Å². The van der Waals surface area contributed by atoms with Gasteiger partial charge in [-0.2, -0.15) is 0 Å². The molecule has 1 aromatic rings. The zero-order valence-corrected chi connectivity index (χ0v) is 16.7. The lowest BCUT2D eigenvalue weighted by Crippen LogP contribution is -2.51. The van der Waals surface area contributed by atoms with E-state index in [2.05, 4.69) is 39.0 Å². The smallest absolute Gasteiger partial charge is 0.227 e. The summed E-state index contributed by atoms with van der Waals surface area (Å²) >= 11 is 0. The highest BCUT2D eigenvalue weighted by Crippen LogP contribution is 2.33. The van der Waals surface area contributed by atoms with Crippen LogP contribution in [0.5, 0.6) is 0 Å². The number of nitrogens with zero attached hydrogens (tertiary/aromatic N) is 3. The standard InChI is InChI=1S/C23H31N3O2/c27-22(17-7-8-17)24-12-9-21(10-13-24)25-11-3-6-20(16-25)23(28)26-14-18-4-1-2-5-19(18)15-26/h1-2,4-5,17,20-21H,3,6-16H2. The van der Waals surface area contributed by atoms with Crippen LogP contribution in [0, 0.1) is 11.8 Å². The van der Waals surface area contributed by atoms with Gasteiger partial charge in [0.05, 0.1) is 5.92 Å². The van der Waals surface area contributed by atoms with Crippen LogP contribution >= 0.6 is 0 Å². The van der Waals surface area contributed by atoms with Crippen LogP contribution in [0.2, 0.25) is 0 Å². The average Bonchev–Trinajstić information content (AvgIpc) is 3.51. The first kappa shape index (κ1) is 18.2. The maximum absolute atomic E-state index is 13.2. The first-order valence-electron chi connectivity index (χ1n) is 11.1. The van der Waals surface area contributed by atoms with Crippen molar-refractivity contribution in [1.82, 2.24) is 14.7 Å². The molecule has 0 bridgehead atoms. The Morgan fingerprint density at radius 3 is 2.04 bits per heavy atom. The zero-order valence-electron chi connectivity index (χ0n) is 16.7. The Labute approximate surface area is 167 Å². The van der Waals surface area contributed by atoms with Crippen molar-refractivity contribution in [3.63, 3.8) is 0 Å². The molecule has 5 rings (SSSR count). The van der Waals surface area contributed by atoms with E-state index in [1.807, 2.05) is 0 Å². The normalized spacial score (nSPS) is 26.4. The van der Waals surface area contributed by atoms with Gasteiger partial charge in [0.15, 0.2) is 0 Å². The molecular weight excluding hydrogens is 350 g/mol. The number of likely N-dealkylation sites (tertiary alicyclic amines) is 2. The van der Waals surface area contributed by atoms with Gasteiger partial charge in [0.1, 0.15) is 0 Å². The number of amides is 2. The highest BCUT2D eigenvalue weighted by molar-refractivity contribution is 5.81. The van der Waals surface area contributed by atoms with Gasteiger partial charge >= 0.3 is 0 Å². The lowest BCUT2D eigenvalue weighted by Gasteiger charge is -2.42. The number of piperidine rings is 2. The number of carbonyl (C=O) groups is 2. The van der Waals surface area contributed by atoms with E-state index in [9.17, 15) is 9.59 Å². The van der Waals surface area contributed by atoms with Crippen LogP contribution in [0.1, 0.15) is 49.7 Å². The number of benzene rings is 1. The lowest BCUT2D eigenvalue weighted by molar-refractivity contribution is -0.138. The van der Waals surface area contributed by atoms with Gasteiger partial charge in [-0.1, -0.05) is 24.3 Å². The van der Waals surface area contributed by atoms with Gasteiger partial charge in [-0.25, -0.2) is 0 Å². The minimum Gasteiger partial charge on any atom is -0.342 e. The van der Waals surface area contributed by atoms with Gasteiger partial charge in [-0.3, -0.25) is 14.5 Å². The SMILES string of the molecule is O=C(C1CC1)N1CCC(N2CCCC(C(=O)N3Cc4ccccc4C3)C2)CC1. The molecule has 4 aliphatic rings. The number of fused-ring (bicyclic) bond motifs is 1. The number of hydrogen-bond acceptors (Lipinski definition) is 3. The van der Waals surface area contributed by atoms with Gasteiger partial charge in [0.25, 0.3) is 0 Å². The molecule has 5 heteroatoms. The quantitative estimate of drug-likeness (QED) is 0.809. The molecule has 3 fully saturated rings. The van der Waals surface area contributed by atoms with Crippen LogP contribution in [0.3, 0.4) is 0 Å². The minimum absolute atomic E-state index is 0.134. The summed E-state index contributed by atoms with van der Waals surface area (Å²) in [6, 6.07) is 8.96. The highest BCUT2D eigenvalue weighted by Gasteiger charge is 2.38. The largest absolute Gasteiger partial charge is 0.342 e. The van der Waals surface area contributed by atoms with Crippen molar-refractivity contribution in [3.05, 3.63) is 35.4 Å². The van der Waals surface area contributed by atoms with Gasteiger partial charge in [-0.05, 0) is 56.2 Å². The Bertz CT molecular complexity index is 727. The van der Waals surface area contributed by atoms with Gasteiger partial charge in [0.2, 0.25) is 11.8 Å². The molecule has 150 valence electrons. The summed E-state index contributed by atoms with van der Waals surface area (Å²) in [6.45, 7) is 5.34. The van der Waals surface area contributed by atoms with Crippen LogP contribution in [0.25, 0.3) is 0 Å². The zero-order chi connectivity index (χ0) is 19.1. The van der Waals surface area contributed by atoms with Crippen molar-refractivity contribution in [2.45, 2.75) is 57.7 Å². The van der Waals surface area contributed by atoms with Crippen molar-refractivity contribution >= 4 is 11.8 Å². The third-order valence-electron chi connectivity index (χ3n) is 7.17. The van der Waals surface area contributed by atoms with E-state index < -0.39 is 0 Å². The molecule has 5 nitrogen and oxygen atoms in total. The molecule has 1 atom stereocenters. The molecule has 2 saturated heterocycles. The minimum atomic E-state index is 0.134.